The third-order valence-electron chi connectivity index (χ3n) is 1.79. The normalized spacial score (nSPS) is 12.8. The molecule has 1 rings (SSSR count). The number of hydrogen-bond donors (Lipinski definition) is 0. The zero-order chi connectivity index (χ0) is 12.4. The van der Waals surface area contributed by atoms with E-state index < -0.39 is 22.2 Å². The van der Waals surface area contributed by atoms with Crippen molar-refractivity contribution in [3.63, 3.8) is 0 Å². The number of halogens is 3. The van der Waals surface area contributed by atoms with Crippen LogP contribution in [0.2, 0.25) is 0 Å². The monoisotopic (exact) mass is 255 g/mol. The van der Waals surface area contributed by atoms with Gasteiger partial charge in [0.2, 0.25) is 0 Å². The van der Waals surface area contributed by atoms with Gasteiger partial charge in [0, 0.05) is 12.4 Å². The summed E-state index contributed by atoms with van der Waals surface area (Å²) in [6.45, 7) is 0.933. The van der Waals surface area contributed by atoms with Gasteiger partial charge in [-0.05, 0) is 24.1 Å². The van der Waals surface area contributed by atoms with E-state index in [1.807, 2.05) is 0 Å². The van der Waals surface area contributed by atoms with Crippen molar-refractivity contribution in [2.75, 3.05) is 0 Å². The number of rotatable bonds is 3. The van der Waals surface area contributed by atoms with E-state index in [2.05, 4.69) is 9.17 Å². The molecule has 0 atom stereocenters. The third kappa shape index (κ3) is 2.92. The Morgan fingerprint density at radius 2 is 2.06 bits per heavy atom. The highest BCUT2D eigenvalue weighted by atomic mass is 32.2. The lowest BCUT2D eigenvalue weighted by Crippen LogP contribution is -2.25. The van der Waals surface area contributed by atoms with Crippen molar-refractivity contribution in [3.05, 3.63) is 29.6 Å². The molecule has 1 heterocycles. The van der Waals surface area contributed by atoms with Gasteiger partial charge in [0.05, 0.1) is 6.61 Å². The Balaban J connectivity index is 2.77. The average Bonchev–Trinajstić information content (AvgIpc) is 2.15. The molecule has 0 aromatic carbocycles. The molecule has 0 spiro atoms. The lowest BCUT2D eigenvalue weighted by Gasteiger charge is -2.09. The molecule has 4 nitrogen and oxygen atoms in total. The van der Waals surface area contributed by atoms with Crippen LogP contribution in [-0.4, -0.2) is 18.9 Å². The Morgan fingerprint density at radius 1 is 1.44 bits per heavy atom. The first-order chi connectivity index (χ1) is 7.24. The first-order valence-electron chi connectivity index (χ1n) is 4.09. The fraction of sp³-hybridized carbons (Fsp3) is 0.375. The lowest BCUT2D eigenvalue weighted by atomic mass is 10.2. The molecular formula is C8H8F3NO3S. The van der Waals surface area contributed by atoms with Crippen molar-refractivity contribution in [2.24, 2.45) is 0 Å². The van der Waals surface area contributed by atoms with E-state index in [9.17, 15) is 21.6 Å². The molecule has 0 unspecified atom stereocenters. The van der Waals surface area contributed by atoms with Gasteiger partial charge in [0.25, 0.3) is 0 Å². The van der Waals surface area contributed by atoms with Crippen molar-refractivity contribution < 1.29 is 25.8 Å². The van der Waals surface area contributed by atoms with Gasteiger partial charge in [0.15, 0.2) is 0 Å². The summed E-state index contributed by atoms with van der Waals surface area (Å²) in [6.07, 6.45) is 2.74. The molecule has 0 fully saturated rings. The smallest absolute Gasteiger partial charge is 0.264 e. The summed E-state index contributed by atoms with van der Waals surface area (Å²) in [4.78, 5) is 3.71. The first-order valence-corrected chi connectivity index (χ1v) is 5.50. The van der Waals surface area contributed by atoms with Crippen molar-refractivity contribution in [1.29, 1.82) is 0 Å². The molecule has 16 heavy (non-hydrogen) atoms. The molecule has 0 aliphatic carbocycles. The van der Waals surface area contributed by atoms with Gasteiger partial charge in [-0.2, -0.15) is 21.6 Å². The van der Waals surface area contributed by atoms with Crippen LogP contribution in [0.3, 0.4) is 0 Å². The van der Waals surface area contributed by atoms with Crippen LogP contribution >= 0.6 is 0 Å². The topological polar surface area (TPSA) is 56.3 Å². The van der Waals surface area contributed by atoms with E-state index in [0.29, 0.717) is 11.1 Å². The molecule has 0 bridgehead atoms. The second-order valence-electron chi connectivity index (χ2n) is 2.96. The number of aromatic nitrogens is 1. The molecular weight excluding hydrogens is 247 g/mol. The first kappa shape index (κ1) is 12.9. The van der Waals surface area contributed by atoms with Crippen LogP contribution in [0, 0.1) is 6.92 Å². The number of alkyl halides is 3. The van der Waals surface area contributed by atoms with Crippen molar-refractivity contribution >= 4 is 10.1 Å². The molecule has 1 aromatic rings. The minimum atomic E-state index is -5.53. The standard InChI is InChI=1S/C8H8F3NO3S/c1-6-4-12-3-2-7(6)5-15-16(13,14)8(9,10)11/h2-4H,5H2,1H3. The lowest BCUT2D eigenvalue weighted by molar-refractivity contribution is -0.0548. The maximum atomic E-state index is 11.9. The van der Waals surface area contributed by atoms with Crippen molar-refractivity contribution in [3.8, 4) is 0 Å². The second-order valence-corrected chi connectivity index (χ2v) is 4.57. The Kier molecular flexibility index (Phi) is 3.54. The minimum Gasteiger partial charge on any atom is -0.264 e. The molecule has 8 heteroatoms. The van der Waals surface area contributed by atoms with Crippen LogP contribution in [-0.2, 0) is 20.9 Å². The van der Waals surface area contributed by atoms with E-state index in [4.69, 9.17) is 0 Å². The van der Waals surface area contributed by atoms with Crippen LogP contribution in [0.4, 0.5) is 13.2 Å². The molecule has 0 aliphatic rings. The summed E-state index contributed by atoms with van der Waals surface area (Å²) in [5.74, 6) is 0. The maximum absolute atomic E-state index is 11.9. The Morgan fingerprint density at radius 3 is 2.56 bits per heavy atom. The fourth-order valence-electron chi connectivity index (χ4n) is 0.872. The predicted octanol–water partition coefficient (Wildman–Crippen LogP) is 1.76. The third-order valence-corrected chi connectivity index (χ3v) is 2.78. The molecule has 1 aromatic heterocycles. The SMILES string of the molecule is Cc1cnccc1COS(=O)(=O)C(F)(F)F. The Bertz CT molecular complexity index is 470. The van der Waals surface area contributed by atoms with Gasteiger partial charge in [-0.15, -0.1) is 0 Å². The predicted molar refractivity (Wildman–Crippen MR) is 48.7 cm³/mol. The highest BCUT2D eigenvalue weighted by Crippen LogP contribution is 2.25. The van der Waals surface area contributed by atoms with Crippen LogP contribution in [0.25, 0.3) is 0 Å². The van der Waals surface area contributed by atoms with Crippen LogP contribution in [0.1, 0.15) is 11.1 Å². The van der Waals surface area contributed by atoms with Gasteiger partial charge < -0.3 is 0 Å². The van der Waals surface area contributed by atoms with E-state index >= 15 is 0 Å². The van der Waals surface area contributed by atoms with Crippen LogP contribution in [0.5, 0.6) is 0 Å². The van der Waals surface area contributed by atoms with Gasteiger partial charge in [-0.3, -0.25) is 9.17 Å². The molecule has 0 saturated heterocycles. The zero-order valence-corrected chi connectivity index (χ0v) is 8.97. The van der Waals surface area contributed by atoms with E-state index in [-0.39, 0.29) is 0 Å². The Labute approximate surface area is 90.2 Å². The van der Waals surface area contributed by atoms with E-state index in [1.165, 1.54) is 18.5 Å². The minimum absolute atomic E-state index is 0.336. The Hall–Kier alpha value is -1.15. The van der Waals surface area contributed by atoms with Gasteiger partial charge >= 0.3 is 15.6 Å². The maximum Gasteiger partial charge on any atom is 0.523 e. The van der Waals surface area contributed by atoms with E-state index in [1.54, 1.807) is 6.92 Å². The number of aryl methyl sites for hydroxylation is 1. The molecule has 0 N–H and O–H groups in total. The summed E-state index contributed by atoms with van der Waals surface area (Å²) in [5.41, 5.74) is -4.50. The number of pyridine rings is 1. The molecule has 0 radical (unpaired) electrons. The van der Waals surface area contributed by atoms with Crippen LogP contribution < -0.4 is 0 Å². The summed E-state index contributed by atoms with van der Waals surface area (Å²) >= 11 is 0. The fourth-order valence-corrected chi connectivity index (χ4v) is 1.29. The largest absolute Gasteiger partial charge is 0.523 e. The van der Waals surface area contributed by atoms with Gasteiger partial charge in [-0.1, -0.05) is 0 Å². The van der Waals surface area contributed by atoms with Crippen molar-refractivity contribution in [1.82, 2.24) is 4.98 Å². The zero-order valence-electron chi connectivity index (χ0n) is 8.15. The number of nitrogens with zero attached hydrogens (tertiary/aromatic N) is 1. The summed E-state index contributed by atoms with van der Waals surface area (Å²) < 4.78 is 60.8. The van der Waals surface area contributed by atoms with Crippen LogP contribution in [0.15, 0.2) is 18.5 Å². The highest BCUT2D eigenvalue weighted by molar-refractivity contribution is 7.87. The summed E-state index contributed by atoms with van der Waals surface area (Å²) in [5, 5.41) is 0. The quantitative estimate of drug-likeness (QED) is 0.610. The average molecular weight is 255 g/mol. The van der Waals surface area contributed by atoms with Crippen molar-refractivity contribution in [2.45, 2.75) is 19.0 Å². The molecule has 90 valence electrons. The molecule has 0 aliphatic heterocycles. The second kappa shape index (κ2) is 4.38. The van der Waals surface area contributed by atoms with Gasteiger partial charge in [0.1, 0.15) is 0 Å². The number of hydrogen-bond acceptors (Lipinski definition) is 4. The summed E-state index contributed by atoms with van der Waals surface area (Å²) in [7, 11) is -5.53. The molecule has 0 amide bonds. The molecule has 0 saturated carbocycles. The highest BCUT2D eigenvalue weighted by Gasteiger charge is 2.47. The van der Waals surface area contributed by atoms with Gasteiger partial charge in [-0.25, -0.2) is 0 Å². The summed E-state index contributed by atoms with van der Waals surface area (Å²) in [6, 6.07) is 1.39. The van der Waals surface area contributed by atoms with E-state index in [0.717, 1.165) is 0 Å².